The lowest BCUT2D eigenvalue weighted by atomic mass is 9.91. The standard InChI is InChI=1S/C10H17NO4/c1-3-15-10(14)11-6-4-5-7(2)8(11)9(12)13/h7-8H,3-6H2,1-2H3,(H,12,13). The number of rotatable bonds is 2. The Labute approximate surface area is 89.0 Å². The zero-order valence-electron chi connectivity index (χ0n) is 9.10. The van der Waals surface area contributed by atoms with Gasteiger partial charge in [0, 0.05) is 6.54 Å². The van der Waals surface area contributed by atoms with E-state index >= 15 is 0 Å². The van der Waals surface area contributed by atoms with Gasteiger partial charge in [0.25, 0.3) is 0 Å². The highest BCUT2D eigenvalue weighted by atomic mass is 16.6. The summed E-state index contributed by atoms with van der Waals surface area (Å²) in [6, 6.07) is -0.738. The molecule has 0 radical (unpaired) electrons. The van der Waals surface area contributed by atoms with Crippen molar-refractivity contribution >= 4 is 12.1 Å². The Morgan fingerprint density at radius 3 is 2.73 bits per heavy atom. The molecule has 5 nitrogen and oxygen atoms in total. The largest absolute Gasteiger partial charge is 0.480 e. The van der Waals surface area contributed by atoms with E-state index < -0.39 is 18.1 Å². The molecular formula is C10H17NO4. The van der Waals surface area contributed by atoms with Crippen molar-refractivity contribution in [1.82, 2.24) is 4.90 Å². The van der Waals surface area contributed by atoms with Crippen LogP contribution in [0.4, 0.5) is 4.79 Å². The van der Waals surface area contributed by atoms with Crippen molar-refractivity contribution in [3.05, 3.63) is 0 Å². The van der Waals surface area contributed by atoms with Crippen LogP contribution in [0.15, 0.2) is 0 Å². The third-order valence-electron chi connectivity index (χ3n) is 2.69. The SMILES string of the molecule is CCOC(=O)N1CCCC(C)C1C(=O)O. The molecule has 0 aromatic carbocycles. The molecule has 5 heteroatoms. The number of nitrogens with zero attached hydrogens (tertiary/aromatic N) is 1. The minimum absolute atomic E-state index is 0.0133. The molecule has 0 aromatic rings. The maximum atomic E-state index is 11.5. The van der Waals surface area contributed by atoms with E-state index in [0.717, 1.165) is 12.8 Å². The highest BCUT2D eigenvalue weighted by Crippen LogP contribution is 2.24. The number of aliphatic carboxylic acids is 1. The summed E-state index contributed by atoms with van der Waals surface area (Å²) in [6.45, 7) is 4.31. The maximum absolute atomic E-state index is 11.5. The maximum Gasteiger partial charge on any atom is 0.410 e. The molecule has 1 N–H and O–H groups in total. The fourth-order valence-electron chi connectivity index (χ4n) is 1.98. The zero-order valence-corrected chi connectivity index (χ0v) is 9.10. The molecule has 0 spiro atoms. The summed E-state index contributed by atoms with van der Waals surface area (Å²) in [7, 11) is 0. The first-order valence-electron chi connectivity index (χ1n) is 5.24. The van der Waals surface area contributed by atoms with Gasteiger partial charge in [-0.25, -0.2) is 9.59 Å². The summed E-state index contributed by atoms with van der Waals surface area (Å²) in [5.41, 5.74) is 0. The second-order valence-corrected chi connectivity index (χ2v) is 3.79. The van der Waals surface area contributed by atoms with Crippen LogP contribution in [-0.4, -0.2) is 41.3 Å². The van der Waals surface area contributed by atoms with Gasteiger partial charge in [-0.2, -0.15) is 0 Å². The van der Waals surface area contributed by atoms with Crippen molar-refractivity contribution in [3.8, 4) is 0 Å². The topological polar surface area (TPSA) is 66.8 Å². The smallest absolute Gasteiger partial charge is 0.410 e. The lowest BCUT2D eigenvalue weighted by molar-refractivity contribution is -0.145. The normalized spacial score (nSPS) is 26.1. The molecule has 0 aromatic heterocycles. The van der Waals surface area contributed by atoms with Gasteiger partial charge < -0.3 is 9.84 Å². The summed E-state index contributed by atoms with van der Waals surface area (Å²) < 4.78 is 4.83. The Morgan fingerprint density at radius 2 is 2.20 bits per heavy atom. The Morgan fingerprint density at radius 1 is 1.53 bits per heavy atom. The fraction of sp³-hybridized carbons (Fsp3) is 0.800. The van der Waals surface area contributed by atoms with Crippen LogP contribution < -0.4 is 0 Å². The van der Waals surface area contributed by atoms with Crippen LogP contribution in [-0.2, 0) is 9.53 Å². The van der Waals surface area contributed by atoms with E-state index in [0.29, 0.717) is 6.54 Å². The average Bonchev–Trinajstić information content (AvgIpc) is 2.17. The van der Waals surface area contributed by atoms with E-state index in [2.05, 4.69) is 0 Å². The molecule has 2 unspecified atom stereocenters. The minimum Gasteiger partial charge on any atom is -0.480 e. The number of amides is 1. The van der Waals surface area contributed by atoms with Gasteiger partial charge in [0.05, 0.1) is 6.61 Å². The van der Waals surface area contributed by atoms with Gasteiger partial charge in [0.15, 0.2) is 0 Å². The minimum atomic E-state index is -0.949. The molecule has 1 fully saturated rings. The molecule has 1 heterocycles. The predicted molar refractivity (Wildman–Crippen MR) is 53.5 cm³/mol. The number of hydrogen-bond donors (Lipinski definition) is 1. The van der Waals surface area contributed by atoms with E-state index in [1.165, 1.54) is 4.90 Å². The number of carbonyl (C=O) groups excluding carboxylic acids is 1. The van der Waals surface area contributed by atoms with Gasteiger partial charge in [-0.15, -0.1) is 0 Å². The number of carboxylic acid groups (broad SMARTS) is 1. The molecule has 86 valence electrons. The first kappa shape index (κ1) is 11.8. The van der Waals surface area contributed by atoms with Gasteiger partial charge in [-0.05, 0) is 25.7 Å². The second-order valence-electron chi connectivity index (χ2n) is 3.79. The Kier molecular flexibility index (Phi) is 3.94. The van der Waals surface area contributed by atoms with Gasteiger partial charge >= 0.3 is 12.1 Å². The van der Waals surface area contributed by atoms with Crippen LogP contribution in [0.25, 0.3) is 0 Å². The van der Waals surface area contributed by atoms with Gasteiger partial charge in [0.2, 0.25) is 0 Å². The number of ether oxygens (including phenoxy) is 1. The number of likely N-dealkylation sites (tertiary alicyclic amines) is 1. The highest BCUT2D eigenvalue weighted by molar-refractivity contribution is 5.80. The van der Waals surface area contributed by atoms with Crippen LogP contribution >= 0.6 is 0 Å². The van der Waals surface area contributed by atoms with Crippen LogP contribution in [0.2, 0.25) is 0 Å². The molecular weight excluding hydrogens is 198 g/mol. The Hall–Kier alpha value is -1.26. The van der Waals surface area contributed by atoms with E-state index in [1.807, 2.05) is 6.92 Å². The third-order valence-corrected chi connectivity index (χ3v) is 2.69. The molecule has 1 amide bonds. The third kappa shape index (κ3) is 2.61. The first-order valence-corrected chi connectivity index (χ1v) is 5.24. The van der Waals surface area contributed by atoms with E-state index in [4.69, 9.17) is 9.84 Å². The molecule has 15 heavy (non-hydrogen) atoms. The molecule has 1 aliphatic heterocycles. The molecule has 1 rings (SSSR count). The van der Waals surface area contributed by atoms with Crippen LogP contribution in [0.3, 0.4) is 0 Å². The van der Waals surface area contributed by atoms with E-state index in [9.17, 15) is 9.59 Å². The van der Waals surface area contributed by atoms with Crippen molar-refractivity contribution < 1.29 is 19.4 Å². The molecule has 1 aliphatic rings. The van der Waals surface area contributed by atoms with Crippen LogP contribution in [0.1, 0.15) is 26.7 Å². The van der Waals surface area contributed by atoms with Crippen molar-refractivity contribution in [2.24, 2.45) is 5.92 Å². The summed E-state index contributed by atoms with van der Waals surface area (Å²) >= 11 is 0. The average molecular weight is 215 g/mol. The molecule has 0 saturated carbocycles. The van der Waals surface area contributed by atoms with Crippen molar-refractivity contribution in [3.63, 3.8) is 0 Å². The summed E-state index contributed by atoms with van der Waals surface area (Å²) in [4.78, 5) is 23.9. The first-order chi connectivity index (χ1) is 7.07. The summed E-state index contributed by atoms with van der Waals surface area (Å²) in [5.74, 6) is -0.962. The summed E-state index contributed by atoms with van der Waals surface area (Å²) in [5, 5.41) is 9.05. The van der Waals surface area contributed by atoms with Crippen LogP contribution in [0.5, 0.6) is 0 Å². The monoisotopic (exact) mass is 215 g/mol. The van der Waals surface area contributed by atoms with Crippen molar-refractivity contribution in [1.29, 1.82) is 0 Å². The fourth-order valence-corrected chi connectivity index (χ4v) is 1.98. The molecule has 1 saturated heterocycles. The molecule has 2 atom stereocenters. The van der Waals surface area contributed by atoms with Gasteiger partial charge in [-0.1, -0.05) is 6.92 Å². The lowest BCUT2D eigenvalue weighted by Gasteiger charge is -2.36. The number of hydrogen-bond acceptors (Lipinski definition) is 3. The highest BCUT2D eigenvalue weighted by Gasteiger charge is 2.37. The predicted octanol–water partition coefficient (Wildman–Crippen LogP) is 1.33. The number of piperidine rings is 1. The molecule has 0 bridgehead atoms. The second kappa shape index (κ2) is 5.00. The van der Waals surface area contributed by atoms with Crippen molar-refractivity contribution in [2.75, 3.05) is 13.2 Å². The van der Waals surface area contributed by atoms with Crippen LogP contribution in [0, 0.1) is 5.92 Å². The number of carboxylic acids is 1. The lowest BCUT2D eigenvalue weighted by Crippen LogP contribution is -2.52. The Balaban J connectivity index is 2.74. The van der Waals surface area contributed by atoms with Gasteiger partial charge in [0.1, 0.15) is 6.04 Å². The zero-order chi connectivity index (χ0) is 11.4. The number of carbonyl (C=O) groups is 2. The van der Waals surface area contributed by atoms with Crippen molar-refractivity contribution in [2.45, 2.75) is 32.7 Å². The summed E-state index contributed by atoms with van der Waals surface area (Å²) in [6.07, 6.45) is 1.16. The van der Waals surface area contributed by atoms with E-state index in [1.54, 1.807) is 6.92 Å². The van der Waals surface area contributed by atoms with E-state index in [-0.39, 0.29) is 12.5 Å². The Bertz CT molecular complexity index is 254. The molecule has 0 aliphatic carbocycles. The van der Waals surface area contributed by atoms with Gasteiger partial charge in [-0.3, -0.25) is 4.90 Å². The quantitative estimate of drug-likeness (QED) is 0.754.